The average Bonchev–Trinajstić information content (AvgIpc) is 2.42. The highest BCUT2D eigenvalue weighted by atomic mass is 16.6. The normalized spacial score (nSPS) is 16.6. The topological polar surface area (TPSA) is 102 Å². The number of nitro groups is 1. The number of anilines is 1. The first-order valence-electron chi connectivity index (χ1n) is 6.98. The predicted molar refractivity (Wildman–Crippen MR) is 80.1 cm³/mol. The fourth-order valence-electron chi connectivity index (χ4n) is 2.59. The number of rotatable bonds is 5. The third-order valence-electron chi connectivity index (χ3n) is 3.68. The van der Waals surface area contributed by atoms with Crippen LogP contribution in [0.15, 0.2) is 18.2 Å². The highest BCUT2D eigenvalue weighted by molar-refractivity contribution is 5.75. The molecule has 0 spiro atoms. The molecule has 114 valence electrons. The fourth-order valence-corrected chi connectivity index (χ4v) is 2.59. The van der Waals surface area contributed by atoms with E-state index in [1.165, 1.54) is 0 Å². The number of nitrogens with zero attached hydrogens (tertiary/aromatic N) is 2. The molecule has 0 saturated carbocycles. The molecule has 0 bridgehead atoms. The Morgan fingerprint density at radius 3 is 2.71 bits per heavy atom. The summed E-state index contributed by atoms with van der Waals surface area (Å²) >= 11 is 0. The van der Waals surface area contributed by atoms with Crippen molar-refractivity contribution in [3.05, 3.63) is 33.9 Å². The first kappa shape index (κ1) is 15.2. The maximum Gasteiger partial charge on any atom is 0.292 e. The van der Waals surface area contributed by atoms with Crippen LogP contribution >= 0.6 is 0 Å². The lowest BCUT2D eigenvalue weighted by Crippen LogP contribution is -2.43. The van der Waals surface area contributed by atoms with Gasteiger partial charge < -0.3 is 11.1 Å². The Hall–Kier alpha value is -2.15. The van der Waals surface area contributed by atoms with Crippen LogP contribution in [0.1, 0.15) is 18.4 Å². The second-order valence-electron chi connectivity index (χ2n) is 5.44. The second-order valence-corrected chi connectivity index (χ2v) is 5.44. The van der Waals surface area contributed by atoms with E-state index in [1.807, 2.05) is 17.9 Å². The van der Waals surface area contributed by atoms with Crippen LogP contribution in [-0.2, 0) is 4.79 Å². The zero-order chi connectivity index (χ0) is 15.4. The molecule has 1 saturated heterocycles. The molecule has 0 radical (unpaired) electrons. The van der Waals surface area contributed by atoms with Crippen LogP contribution in [0.5, 0.6) is 0 Å². The third kappa shape index (κ3) is 4.16. The van der Waals surface area contributed by atoms with Crippen molar-refractivity contribution in [3.63, 3.8) is 0 Å². The number of hydrogen-bond acceptors (Lipinski definition) is 5. The molecule has 1 aromatic carbocycles. The van der Waals surface area contributed by atoms with Crippen molar-refractivity contribution in [1.29, 1.82) is 0 Å². The van der Waals surface area contributed by atoms with Crippen LogP contribution in [-0.4, -0.2) is 41.4 Å². The predicted octanol–water partition coefficient (Wildman–Crippen LogP) is 1.26. The maximum atomic E-state index is 11.1. The number of carbonyl (C=O) groups excluding carboxylic acids is 1. The van der Waals surface area contributed by atoms with Gasteiger partial charge in [-0.25, -0.2) is 0 Å². The molecule has 7 nitrogen and oxygen atoms in total. The SMILES string of the molecule is Cc1ccc(NC2CCN(CC(N)=O)CC2)c([N+](=O)[O-])c1. The molecule has 21 heavy (non-hydrogen) atoms. The van der Waals surface area contributed by atoms with Gasteiger partial charge in [0.15, 0.2) is 0 Å². The van der Waals surface area contributed by atoms with Gasteiger partial charge in [-0.3, -0.25) is 19.8 Å². The van der Waals surface area contributed by atoms with Gasteiger partial charge in [-0.05, 0) is 31.4 Å². The minimum atomic E-state index is -0.364. The summed E-state index contributed by atoms with van der Waals surface area (Å²) in [4.78, 5) is 23.6. The molecule has 3 N–H and O–H groups in total. The largest absolute Gasteiger partial charge is 0.377 e. The third-order valence-corrected chi connectivity index (χ3v) is 3.68. The second kappa shape index (κ2) is 6.53. The van der Waals surface area contributed by atoms with Gasteiger partial charge in [0.25, 0.3) is 5.69 Å². The molecule has 1 aliphatic heterocycles. The van der Waals surface area contributed by atoms with E-state index in [4.69, 9.17) is 5.73 Å². The average molecular weight is 292 g/mol. The Labute approximate surface area is 123 Å². The van der Waals surface area contributed by atoms with E-state index in [2.05, 4.69) is 5.32 Å². The highest BCUT2D eigenvalue weighted by Gasteiger charge is 2.22. The first-order valence-corrected chi connectivity index (χ1v) is 6.98. The van der Waals surface area contributed by atoms with Crippen molar-refractivity contribution < 1.29 is 9.72 Å². The summed E-state index contributed by atoms with van der Waals surface area (Å²) in [6, 6.07) is 5.36. The Balaban J connectivity index is 1.97. The number of amides is 1. The number of aryl methyl sites for hydroxylation is 1. The molecule has 1 aromatic rings. The van der Waals surface area contributed by atoms with Crippen LogP contribution in [0.2, 0.25) is 0 Å². The van der Waals surface area contributed by atoms with Crippen molar-refractivity contribution in [3.8, 4) is 0 Å². The number of likely N-dealkylation sites (tertiary alicyclic amines) is 1. The number of primary amides is 1. The number of nitrogens with two attached hydrogens (primary N) is 1. The van der Waals surface area contributed by atoms with E-state index in [9.17, 15) is 14.9 Å². The minimum absolute atomic E-state index is 0.106. The minimum Gasteiger partial charge on any atom is -0.377 e. The summed E-state index contributed by atoms with van der Waals surface area (Å²) in [5.41, 5.74) is 6.70. The van der Waals surface area contributed by atoms with Crippen LogP contribution in [0.25, 0.3) is 0 Å². The summed E-state index contributed by atoms with van der Waals surface area (Å²) in [7, 11) is 0. The fraction of sp³-hybridized carbons (Fsp3) is 0.500. The number of piperidine rings is 1. The zero-order valence-corrected chi connectivity index (χ0v) is 12.0. The van der Waals surface area contributed by atoms with Crippen molar-refractivity contribution in [2.45, 2.75) is 25.8 Å². The van der Waals surface area contributed by atoms with E-state index >= 15 is 0 Å². The van der Waals surface area contributed by atoms with Gasteiger partial charge in [-0.1, -0.05) is 6.07 Å². The van der Waals surface area contributed by atoms with Gasteiger partial charge in [0.05, 0.1) is 11.5 Å². The molecule has 1 aliphatic rings. The lowest BCUT2D eigenvalue weighted by molar-refractivity contribution is -0.384. The molecule has 0 unspecified atom stereocenters. The number of benzene rings is 1. The van der Waals surface area contributed by atoms with Crippen molar-refractivity contribution in [2.75, 3.05) is 25.0 Å². The molecule has 1 heterocycles. The quantitative estimate of drug-likeness (QED) is 0.628. The summed E-state index contributed by atoms with van der Waals surface area (Å²) in [6.07, 6.45) is 1.66. The summed E-state index contributed by atoms with van der Waals surface area (Å²) in [6.45, 7) is 3.64. The van der Waals surface area contributed by atoms with Gasteiger partial charge in [-0.15, -0.1) is 0 Å². The van der Waals surface area contributed by atoms with Gasteiger partial charge in [-0.2, -0.15) is 0 Å². The lowest BCUT2D eigenvalue weighted by atomic mass is 10.0. The van der Waals surface area contributed by atoms with Gasteiger partial charge in [0.2, 0.25) is 5.91 Å². The number of nitrogens with one attached hydrogen (secondary N) is 1. The number of carbonyl (C=O) groups is 1. The van der Waals surface area contributed by atoms with Gasteiger partial charge in [0.1, 0.15) is 5.69 Å². The lowest BCUT2D eigenvalue weighted by Gasteiger charge is -2.31. The number of hydrogen-bond donors (Lipinski definition) is 2. The van der Waals surface area contributed by atoms with Gasteiger partial charge in [0, 0.05) is 25.2 Å². The Bertz CT molecular complexity index is 539. The van der Waals surface area contributed by atoms with E-state index in [-0.39, 0.29) is 29.1 Å². The summed E-state index contributed by atoms with van der Waals surface area (Å²) < 4.78 is 0. The molecular formula is C14H20N4O3. The van der Waals surface area contributed by atoms with Crippen molar-refractivity contribution in [2.24, 2.45) is 5.73 Å². The molecule has 0 atom stereocenters. The molecule has 1 amide bonds. The Morgan fingerprint density at radius 1 is 1.48 bits per heavy atom. The monoisotopic (exact) mass is 292 g/mol. The van der Waals surface area contributed by atoms with E-state index in [1.54, 1.807) is 12.1 Å². The molecule has 0 aliphatic carbocycles. The summed E-state index contributed by atoms with van der Waals surface area (Å²) in [5.74, 6) is -0.324. The Morgan fingerprint density at radius 2 is 2.14 bits per heavy atom. The van der Waals surface area contributed by atoms with Crippen LogP contribution in [0.4, 0.5) is 11.4 Å². The smallest absolute Gasteiger partial charge is 0.292 e. The van der Waals surface area contributed by atoms with E-state index in [0.717, 1.165) is 31.5 Å². The molecule has 0 aromatic heterocycles. The first-order chi connectivity index (χ1) is 9.95. The molecular weight excluding hydrogens is 272 g/mol. The van der Waals surface area contributed by atoms with Crippen molar-refractivity contribution in [1.82, 2.24) is 4.90 Å². The van der Waals surface area contributed by atoms with Crippen LogP contribution in [0, 0.1) is 17.0 Å². The molecule has 2 rings (SSSR count). The molecule has 1 fully saturated rings. The zero-order valence-electron chi connectivity index (χ0n) is 12.0. The summed E-state index contributed by atoms with van der Waals surface area (Å²) in [5, 5.41) is 14.3. The number of nitro benzene ring substituents is 1. The van der Waals surface area contributed by atoms with Crippen LogP contribution < -0.4 is 11.1 Å². The van der Waals surface area contributed by atoms with Crippen LogP contribution in [0.3, 0.4) is 0 Å². The maximum absolute atomic E-state index is 11.1. The molecule has 7 heteroatoms. The van der Waals surface area contributed by atoms with E-state index < -0.39 is 0 Å². The standard InChI is InChI=1S/C14H20N4O3/c1-10-2-3-12(13(8-10)18(20)21)16-11-4-6-17(7-5-11)9-14(15)19/h2-3,8,11,16H,4-7,9H2,1H3,(H2,15,19). The van der Waals surface area contributed by atoms with Gasteiger partial charge >= 0.3 is 0 Å². The van der Waals surface area contributed by atoms with E-state index in [0.29, 0.717) is 5.69 Å². The van der Waals surface area contributed by atoms with Crippen molar-refractivity contribution >= 4 is 17.3 Å². The Kier molecular flexibility index (Phi) is 4.74. The highest BCUT2D eigenvalue weighted by Crippen LogP contribution is 2.27.